The van der Waals surface area contributed by atoms with Crippen molar-refractivity contribution in [3.63, 3.8) is 0 Å². The van der Waals surface area contributed by atoms with Gasteiger partial charge >= 0.3 is 5.97 Å². The molecule has 0 spiro atoms. The monoisotopic (exact) mass is 340 g/mol. The van der Waals surface area contributed by atoms with E-state index in [-0.39, 0.29) is 11.9 Å². The summed E-state index contributed by atoms with van der Waals surface area (Å²) in [6.45, 7) is 0. The lowest BCUT2D eigenvalue weighted by molar-refractivity contribution is -0.140. The van der Waals surface area contributed by atoms with Crippen molar-refractivity contribution in [2.45, 2.75) is 12.8 Å². The van der Waals surface area contributed by atoms with E-state index in [9.17, 15) is 4.79 Å². The van der Waals surface area contributed by atoms with Crippen LogP contribution in [0.3, 0.4) is 0 Å². The summed E-state index contributed by atoms with van der Waals surface area (Å²) in [5.74, 6) is 0.441. The molecule has 0 atom stereocenters. The SMILES string of the molecule is O=C(Oc1ccc(-c2ccccc2)cc1)C1CC(=Cc2ccccc2)C1. The standard InChI is InChI=1S/C24H20O2/c25-24(22-16-19(17-22)15-18-7-3-1-4-8-18)26-23-13-11-21(12-14-23)20-9-5-2-6-10-20/h1-15,22H,16-17H2. The van der Waals surface area contributed by atoms with Crippen LogP contribution < -0.4 is 4.74 Å². The highest BCUT2D eigenvalue weighted by molar-refractivity contribution is 5.78. The average molecular weight is 340 g/mol. The molecule has 0 aromatic heterocycles. The van der Waals surface area contributed by atoms with Gasteiger partial charge < -0.3 is 4.74 Å². The third kappa shape index (κ3) is 3.75. The van der Waals surface area contributed by atoms with E-state index in [1.54, 1.807) is 0 Å². The Hall–Kier alpha value is -3.13. The predicted molar refractivity (Wildman–Crippen MR) is 105 cm³/mol. The zero-order valence-corrected chi connectivity index (χ0v) is 14.5. The van der Waals surface area contributed by atoms with E-state index in [0.29, 0.717) is 5.75 Å². The molecule has 1 aliphatic rings. The third-order valence-corrected chi connectivity index (χ3v) is 4.70. The summed E-state index contributed by atoms with van der Waals surface area (Å²) in [5, 5.41) is 0. The summed E-state index contributed by atoms with van der Waals surface area (Å²) in [6.07, 6.45) is 3.74. The smallest absolute Gasteiger partial charge is 0.314 e. The van der Waals surface area contributed by atoms with E-state index < -0.39 is 0 Å². The molecule has 2 heteroatoms. The van der Waals surface area contributed by atoms with E-state index in [0.717, 1.165) is 24.0 Å². The van der Waals surface area contributed by atoms with Crippen LogP contribution in [0.25, 0.3) is 17.2 Å². The largest absolute Gasteiger partial charge is 0.426 e. The van der Waals surface area contributed by atoms with Gasteiger partial charge in [0.1, 0.15) is 5.75 Å². The summed E-state index contributed by atoms with van der Waals surface area (Å²) in [4.78, 5) is 12.3. The number of allylic oxidation sites excluding steroid dienone is 1. The molecule has 0 radical (unpaired) electrons. The van der Waals surface area contributed by atoms with Crippen LogP contribution >= 0.6 is 0 Å². The normalized spacial score (nSPS) is 15.8. The highest BCUT2D eigenvalue weighted by Crippen LogP contribution is 2.35. The van der Waals surface area contributed by atoms with Crippen LogP contribution in [0.5, 0.6) is 5.75 Å². The number of esters is 1. The maximum atomic E-state index is 12.3. The van der Waals surface area contributed by atoms with Crippen LogP contribution in [-0.2, 0) is 4.79 Å². The van der Waals surface area contributed by atoms with Gasteiger partial charge in [0.25, 0.3) is 0 Å². The molecule has 0 amide bonds. The number of carbonyl (C=O) groups excluding carboxylic acids is 1. The van der Waals surface area contributed by atoms with E-state index in [1.165, 1.54) is 11.1 Å². The third-order valence-electron chi connectivity index (χ3n) is 4.70. The summed E-state index contributed by atoms with van der Waals surface area (Å²) < 4.78 is 5.54. The molecule has 0 bridgehead atoms. The van der Waals surface area contributed by atoms with Crippen molar-refractivity contribution >= 4 is 12.0 Å². The fourth-order valence-corrected chi connectivity index (χ4v) is 3.19. The molecule has 0 N–H and O–H groups in total. The maximum Gasteiger partial charge on any atom is 0.314 e. The van der Waals surface area contributed by atoms with Gasteiger partial charge in [-0.2, -0.15) is 0 Å². The molecule has 3 aromatic carbocycles. The van der Waals surface area contributed by atoms with Crippen molar-refractivity contribution in [3.8, 4) is 16.9 Å². The molecular weight excluding hydrogens is 320 g/mol. The Labute approximate surface area is 153 Å². The Morgan fingerprint density at radius 3 is 2.00 bits per heavy atom. The first kappa shape index (κ1) is 16.3. The molecule has 26 heavy (non-hydrogen) atoms. The lowest BCUT2D eigenvalue weighted by Gasteiger charge is -2.27. The number of ether oxygens (including phenoxy) is 1. The second-order valence-corrected chi connectivity index (χ2v) is 6.63. The van der Waals surface area contributed by atoms with Crippen LogP contribution in [0.15, 0.2) is 90.5 Å². The second kappa shape index (κ2) is 7.40. The van der Waals surface area contributed by atoms with Crippen molar-refractivity contribution in [2.24, 2.45) is 5.92 Å². The minimum atomic E-state index is -0.136. The molecule has 128 valence electrons. The summed E-state index contributed by atoms with van der Waals surface area (Å²) in [7, 11) is 0. The fraction of sp³-hybridized carbons (Fsp3) is 0.125. The number of hydrogen-bond donors (Lipinski definition) is 0. The summed E-state index contributed by atoms with van der Waals surface area (Å²) >= 11 is 0. The van der Waals surface area contributed by atoms with Crippen molar-refractivity contribution in [3.05, 3.63) is 96.1 Å². The molecular formula is C24H20O2. The molecule has 0 aliphatic heterocycles. The molecule has 1 fully saturated rings. The van der Waals surface area contributed by atoms with E-state index in [2.05, 4.69) is 30.3 Å². The van der Waals surface area contributed by atoms with Crippen LogP contribution in [0, 0.1) is 5.92 Å². The Kier molecular flexibility index (Phi) is 4.65. The zero-order chi connectivity index (χ0) is 17.8. The van der Waals surface area contributed by atoms with Gasteiger partial charge in [-0.25, -0.2) is 0 Å². The number of benzene rings is 3. The Bertz CT molecular complexity index is 901. The first-order valence-corrected chi connectivity index (χ1v) is 8.89. The number of carbonyl (C=O) groups is 1. The van der Waals surface area contributed by atoms with E-state index in [4.69, 9.17) is 4.74 Å². The van der Waals surface area contributed by atoms with Crippen molar-refractivity contribution in [2.75, 3.05) is 0 Å². The first-order chi connectivity index (χ1) is 12.8. The highest BCUT2D eigenvalue weighted by Gasteiger charge is 2.31. The maximum absolute atomic E-state index is 12.3. The second-order valence-electron chi connectivity index (χ2n) is 6.63. The predicted octanol–water partition coefficient (Wildman–Crippen LogP) is 5.75. The van der Waals surface area contributed by atoms with Gasteiger partial charge in [-0.3, -0.25) is 4.79 Å². The quantitative estimate of drug-likeness (QED) is 0.446. The molecule has 1 aliphatic carbocycles. The van der Waals surface area contributed by atoms with Gasteiger partial charge in [0.05, 0.1) is 5.92 Å². The first-order valence-electron chi connectivity index (χ1n) is 8.89. The molecule has 3 aromatic rings. The lowest BCUT2D eigenvalue weighted by Crippen LogP contribution is -2.28. The molecule has 0 unspecified atom stereocenters. The molecule has 1 saturated carbocycles. The average Bonchev–Trinajstić information content (AvgIpc) is 2.66. The van der Waals surface area contributed by atoms with Crippen LogP contribution in [0.2, 0.25) is 0 Å². The topological polar surface area (TPSA) is 26.3 Å². The van der Waals surface area contributed by atoms with Gasteiger partial charge in [-0.1, -0.05) is 84.4 Å². The molecule has 4 rings (SSSR count). The Morgan fingerprint density at radius 1 is 0.769 bits per heavy atom. The summed E-state index contributed by atoms with van der Waals surface area (Å²) in [5.41, 5.74) is 4.76. The fourth-order valence-electron chi connectivity index (χ4n) is 3.19. The van der Waals surface area contributed by atoms with Gasteiger partial charge in [0, 0.05) is 0 Å². The zero-order valence-electron chi connectivity index (χ0n) is 14.5. The minimum absolute atomic E-state index is 0.0289. The van der Waals surface area contributed by atoms with Crippen molar-refractivity contribution in [1.82, 2.24) is 0 Å². The van der Waals surface area contributed by atoms with Gasteiger partial charge in [0.15, 0.2) is 0 Å². The van der Waals surface area contributed by atoms with E-state index >= 15 is 0 Å². The Morgan fingerprint density at radius 2 is 1.35 bits per heavy atom. The molecule has 0 heterocycles. The van der Waals surface area contributed by atoms with Crippen LogP contribution in [0.1, 0.15) is 18.4 Å². The highest BCUT2D eigenvalue weighted by atomic mass is 16.5. The van der Waals surface area contributed by atoms with Gasteiger partial charge in [-0.05, 0) is 41.7 Å². The van der Waals surface area contributed by atoms with Gasteiger partial charge in [0.2, 0.25) is 0 Å². The molecule has 2 nitrogen and oxygen atoms in total. The van der Waals surface area contributed by atoms with E-state index in [1.807, 2.05) is 60.7 Å². The number of hydrogen-bond acceptors (Lipinski definition) is 2. The number of rotatable bonds is 4. The lowest BCUT2D eigenvalue weighted by atomic mass is 9.79. The van der Waals surface area contributed by atoms with Crippen LogP contribution in [0.4, 0.5) is 0 Å². The molecule has 0 saturated heterocycles. The summed E-state index contributed by atoms with van der Waals surface area (Å²) in [6, 6.07) is 28.1. The Balaban J connectivity index is 1.34. The van der Waals surface area contributed by atoms with Crippen molar-refractivity contribution < 1.29 is 9.53 Å². The van der Waals surface area contributed by atoms with Crippen LogP contribution in [-0.4, -0.2) is 5.97 Å². The minimum Gasteiger partial charge on any atom is -0.426 e. The van der Waals surface area contributed by atoms with Crippen molar-refractivity contribution in [1.29, 1.82) is 0 Å². The van der Waals surface area contributed by atoms with Gasteiger partial charge in [-0.15, -0.1) is 0 Å².